The average molecular weight is 125 g/mol. The van der Waals surface area contributed by atoms with Crippen LogP contribution >= 0.6 is 0 Å². The highest BCUT2D eigenvalue weighted by atomic mass is 19.1. The molecule has 0 N–H and O–H groups in total. The minimum Gasteiger partial charge on any atom is -0.872 e. The van der Waals surface area contributed by atoms with E-state index in [2.05, 4.69) is 0 Å². The fourth-order valence-corrected chi connectivity index (χ4v) is 0.617. The highest BCUT2D eigenvalue weighted by molar-refractivity contribution is 5.26. The van der Waals surface area contributed by atoms with Crippen LogP contribution in [-0.2, 0) is 0 Å². The van der Waals surface area contributed by atoms with Crippen molar-refractivity contribution in [2.24, 2.45) is 0 Å². The van der Waals surface area contributed by atoms with E-state index < -0.39 is 0 Å². The first-order valence-electron chi connectivity index (χ1n) is 2.63. The van der Waals surface area contributed by atoms with E-state index in [1.807, 2.05) is 0 Å². The minimum absolute atomic E-state index is 0.145. The number of hydrogen-bond donors (Lipinski definition) is 0. The van der Waals surface area contributed by atoms with Crippen LogP contribution in [0.4, 0.5) is 4.39 Å². The summed E-state index contributed by atoms with van der Waals surface area (Å²) < 4.78 is 12.4. The molecule has 0 saturated carbocycles. The largest absolute Gasteiger partial charge is 0.872 e. The Morgan fingerprint density at radius 3 is 2.56 bits per heavy atom. The van der Waals surface area contributed by atoms with Gasteiger partial charge in [-0.2, -0.15) is 0 Å². The third-order valence-electron chi connectivity index (χ3n) is 1.13. The van der Waals surface area contributed by atoms with Crippen molar-refractivity contribution in [3.05, 3.63) is 29.6 Å². The predicted octanol–water partition coefficient (Wildman–Crippen LogP) is 1.21. The van der Waals surface area contributed by atoms with Crippen molar-refractivity contribution < 1.29 is 9.50 Å². The second-order valence-corrected chi connectivity index (χ2v) is 1.91. The van der Waals surface area contributed by atoms with Crippen LogP contribution in [0.3, 0.4) is 0 Å². The summed E-state index contributed by atoms with van der Waals surface area (Å²) in [6.45, 7) is 1.57. The molecule has 0 aliphatic heterocycles. The van der Waals surface area contributed by atoms with Crippen molar-refractivity contribution in [2.45, 2.75) is 6.92 Å². The maximum Gasteiger partial charge on any atom is 0.126 e. The summed E-state index contributed by atoms with van der Waals surface area (Å²) in [5, 5.41) is 10.5. The summed E-state index contributed by atoms with van der Waals surface area (Å²) >= 11 is 0. The van der Waals surface area contributed by atoms with Crippen LogP contribution in [-0.4, -0.2) is 0 Å². The number of benzene rings is 1. The zero-order valence-corrected chi connectivity index (χ0v) is 5.02. The van der Waals surface area contributed by atoms with E-state index in [-0.39, 0.29) is 11.6 Å². The van der Waals surface area contributed by atoms with Gasteiger partial charge in [-0.3, -0.25) is 0 Å². The molecule has 0 unspecified atom stereocenters. The van der Waals surface area contributed by atoms with E-state index in [0.717, 1.165) is 0 Å². The molecule has 48 valence electrons. The lowest BCUT2D eigenvalue weighted by Crippen LogP contribution is -1.90. The van der Waals surface area contributed by atoms with Gasteiger partial charge in [0.25, 0.3) is 0 Å². The normalized spacial score (nSPS) is 9.56. The van der Waals surface area contributed by atoms with E-state index in [4.69, 9.17) is 0 Å². The van der Waals surface area contributed by atoms with Crippen LogP contribution in [0, 0.1) is 12.7 Å². The molecule has 0 bridgehead atoms. The van der Waals surface area contributed by atoms with Gasteiger partial charge in [0.05, 0.1) is 0 Å². The van der Waals surface area contributed by atoms with E-state index >= 15 is 0 Å². The Labute approximate surface area is 52.8 Å². The zero-order valence-electron chi connectivity index (χ0n) is 5.02. The van der Waals surface area contributed by atoms with Crippen molar-refractivity contribution in [3.63, 3.8) is 0 Å². The second kappa shape index (κ2) is 2.05. The molecular formula is C7H6FO-. The topological polar surface area (TPSA) is 23.1 Å². The molecule has 0 saturated heterocycles. The van der Waals surface area contributed by atoms with Crippen molar-refractivity contribution in [3.8, 4) is 5.75 Å². The van der Waals surface area contributed by atoms with Crippen molar-refractivity contribution >= 4 is 0 Å². The van der Waals surface area contributed by atoms with Crippen LogP contribution in [0.25, 0.3) is 0 Å². The van der Waals surface area contributed by atoms with Crippen LogP contribution in [0.15, 0.2) is 18.2 Å². The summed E-state index contributed by atoms with van der Waals surface area (Å²) in [6.07, 6.45) is 0. The molecule has 1 nitrogen and oxygen atoms in total. The van der Waals surface area contributed by atoms with Gasteiger partial charge in [-0.15, -0.1) is 5.75 Å². The molecule has 0 radical (unpaired) electrons. The quantitative estimate of drug-likeness (QED) is 0.511. The first kappa shape index (κ1) is 6.08. The highest BCUT2D eigenvalue weighted by Crippen LogP contribution is 2.10. The van der Waals surface area contributed by atoms with E-state index in [0.29, 0.717) is 5.56 Å². The molecular weight excluding hydrogens is 119 g/mol. The SMILES string of the molecule is Cc1cc([O-])ccc1F. The molecule has 1 aromatic rings. The maximum atomic E-state index is 12.4. The predicted molar refractivity (Wildman–Crippen MR) is 30.6 cm³/mol. The average Bonchev–Trinajstić information content (AvgIpc) is 1.80. The van der Waals surface area contributed by atoms with Crippen LogP contribution in [0.5, 0.6) is 5.75 Å². The van der Waals surface area contributed by atoms with Gasteiger partial charge in [0.2, 0.25) is 0 Å². The molecule has 0 amide bonds. The van der Waals surface area contributed by atoms with E-state index in [1.54, 1.807) is 6.92 Å². The van der Waals surface area contributed by atoms with Gasteiger partial charge in [0.15, 0.2) is 0 Å². The molecule has 1 rings (SSSR count). The molecule has 1 aromatic carbocycles. The standard InChI is InChI=1S/C7H7FO/c1-5-4-6(9)2-3-7(5)8/h2-4,9H,1H3/p-1. The van der Waals surface area contributed by atoms with Gasteiger partial charge >= 0.3 is 0 Å². The number of rotatable bonds is 0. The molecule has 9 heavy (non-hydrogen) atoms. The molecule has 2 heteroatoms. The first-order valence-corrected chi connectivity index (χ1v) is 2.63. The van der Waals surface area contributed by atoms with E-state index in [9.17, 15) is 9.50 Å². The zero-order chi connectivity index (χ0) is 6.85. The fourth-order valence-electron chi connectivity index (χ4n) is 0.617. The molecule has 0 spiro atoms. The lowest BCUT2D eigenvalue weighted by molar-refractivity contribution is -0.268. The highest BCUT2D eigenvalue weighted by Gasteiger charge is 1.90. The number of halogens is 1. The Hall–Kier alpha value is -1.05. The molecule has 0 aromatic heterocycles. The summed E-state index contributed by atoms with van der Waals surface area (Å²) in [5.41, 5.74) is 0.405. The van der Waals surface area contributed by atoms with E-state index in [1.165, 1.54) is 18.2 Å². The van der Waals surface area contributed by atoms with Gasteiger partial charge in [-0.25, -0.2) is 4.39 Å². The lowest BCUT2D eigenvalue weighted by atomic mass is 10.2. The Morgan fingerprint density at radius 1 is 1.44 bits per heavy atom. The molecule has 0 atom stereocenters. The smallest absolute Gasteiger partial charge is 0.126 e. The van der Waals surface area contributed by atoms with Gasteiger partial charge in [0.1, 0.15) is 5.82 Å². The van der Waals surface area contributed by atoms with Crippen molar-refractivity contribution in [1.82, 2.24) is 0 Å². The third kappa shape index (κ3) is 1.19. The number of hydrogen-bond acceptors (Lipinski definition) is 1. The van der Waals surface area contributed by atoms with Gasteiger partial charge in [-0.1, -0.05) is 12.1 Å². The Balaban J connectivity index is 3.17. The summed E-state index contributed by atoms with van der Waals surface area (Å²) in [7, 11) is 0. The second-order valence-electron chi connectivity index (χ2n) is 1.91. The Kier molecular flexibility index (Phi) is 1.39. The van der Waals surface area contributed by atoms with Gasteiger partial charge in [-0.05, 0) is 18.6 Å². The van der Waals surface area contributed by atoms with Gasteiger partial charge in [0, 0.05) is 0 Å². The number of aryl methyl sites for hydroxylation is 1. The fraction of sp³-hybridized carbons (Fsp3) is 0.143. The van der Waals surface area contributed by atoms with Crippen molar-refractivity contribution in [2.75, 3.05) is 0 Å². The molecule has 0 aliphatic rings. The minimum atomic E-state index is -0.324. The summed E-state index contributed by atoms with van der Waals surface area (Å²) in [4.78, 5) is 0. The Bertz CT molecular complexity index is 220. The lowest BCUT2D eigenvalue weighted by Gasteiger charge is -2.04. The molecule has 0 heterocycles. The molecule has 0 aliphatic carbocycles. The monoisotopic (exact) mass is 125 g/mol. The van der Waals surface area contributed by atoms with Crippen LogP contribution in [0.2, 0.25) is 0 Å². The summed E-state index contributed by atoms with van der Waals surface area (Å²) in [5.74, 6) is -0.469. The van der Waals surface area contributed by atoms with Crippen molar-refractivity contribution in [1.29, 1.82) is 0 Å². The van der Waals surface area contributed by atoms with Crippen LogP contribution in [0.1, 0.15) is 5.56 Å². The van der Waals surface area contributed by atoms with Crippen LogP contribution < -0.4 is 5.11 Å². The third-order valence-corrected chi connectivity index (χ3v) is 1.13. The first-order chi connectivity index (χ1) is 4.20. The summed E-state index contributed by atoms with van der Waals surface area (Å²) in [6, 6.07) is 3.66. The molecule has 0 fully saturated rings. The van der Waals surface area contributed by atoms with Gasteiger partial charge < -0.3 is 5.11 Å². The maximum absolute atomic E-state index is 12.4. The Morgan fingerprint density at radius 2 is 2.11 bits per heavy atom.